The van der Waals surface area contributed by atoms with Crippen molar-refractivity contribution in [2.24, 2.45) is 5.73 Å². The Hall–Kier alpha value is -2.89. The molecule has 0 fully saturated rings. The van der Waals surface area contributed by atoms with Crippen molar-refractivity contribution >= 4 is 5.91 Å². The highest BCUT2D eigenvalue weighted by Crippen LogP contribution is 2.21. The van der Waals surface area contributed by atoms with E-state index < -0.39 is 48.6 Å². The zero-order valence-electron chi connectivity index (χ0n) is 12.6. The maximum Gasteiger partial charge on any atom is 0.471 e. The van der Waals surface area contributed by atoms with Crippen molar-refractivity contribution in [3.05, 3.63) is 53.2 Å². The van der Waals surface area contributed by atoms with Crippen LogP contribution in [0.25, 0.3) is 0 Å². The molecule has 3 N–H and O–H groups in total. The van der Waals surface area contributed by atoms with Crippen molar-refractivity contribution in [1.29, 1.82) is 0 Å². The van der Waals surface area contributed by atoms with E-state index in [4.69, 9.17) is 10.5 Å². The van der Waals surface area contributed by atoms with E-state index in [1.807, 2.05) is 0 Å². The third-order valence-electron chi connectivity index (χ3n) is 3.01. The van der Waals surface area contributed by atoms with Crippen LogP contribution >= 0.6 is 0 Å². The fourth-order valence-corrected chi connectivity index (χ4v) is 1.75. The first-order chi connectivity index (χ1) is 12.1. The smallest absolute Gasteiger partial charge is 0.452 e. The van der Waals surface area contributed by atoms with Crippen LogP contribution in [0.4, 0.5) is 26.3 Å². The minimum Gasteiger partial charge on any atom is -0.452 e. The zero-order chi connectivity index (χ0) is 19.5. The summed E-state index contributed by atoms with van der Waals surface area (Å²) in [5, 5.41) is 1.67. The number of hydrogen-bond acceptors (Lipinski definition) is 5. The van der Waals surface area contributed by atoms with E-state index >= 15 is 0 Å². The van der Waals surface area contributed by atoms with Gasteiger partial charge in [0.25, 0.3) is 11.8 Å². The van der Waals surface area contributed by atoms with E-state index in [0.29, 0.717) is 5.56 Å². The number of hydrogen-bond donors (Lipinski definition) is 2. The van der Waals surface area contributed by atoms with E-state index in [1.165, 1.54) is 24.3 Å². The molecule has 6 nitrogen and oxygen atoms in total. The summed E-state index contributed by atoms with van der Waals surface area (Å²) in [6, 6.07) is 5.27. The molecule has 1 atom stereocenters. The van der Waals surface area contributed by atoms with E-state index in [1.54, 1.807) is 5.32 Å². The summed E-state index contributed by atoms with van der Waals surface area (Å²) in [7, 11) is 0. The molecule has 2 aromatic rings. The van der Waals surface area contributed by atoms with Crippen molar-refractivity contribution in [3.63, 3.8) is 0 Å². The minimum absolute atomic E-state index is 0.203. The molecule has 1 amide bonds. The number of aromatic nitrogens is 2. The van der Waals surface area contributed by atoms with Crippen LogP contribution in [0.5, 0.6) is 5.88 Å². The first kappa shape index (κ1) is 19.4. The van der Waals surface area contributed by atoms with Crippen LogP contribution in [0, 0.1) is 17.8 Å². The van der Waals surface area contributed by atoms with E-state index in [0.717, 1.165) is 0 Å². The Kier molecular flexibility index (Phi) is 5.65. The van der Waals surface area contributed by atoms with E-state index in [9.17, 15) is 31.1 Å². The van der Waals surface area contributed by atoms with Gasteiger partial charge in [0.2, 0.25) is 5.82 Å². The third-order valence-corrected chi connectivity index (χ3v) is 3.01. The lowest BCUT2D eigenvalue weighted by atomic mass is 10.1. The lowest BCUT2D eigenvalue weighted by molar-refractivity contribution is -0.173. The fraction of sp³-hybridized carbons (Fsp3) is 0.214. The molecule has 0 saturated carbocycles. The Labute approximate surface area is 142 Å². The topological polar surface area (TPSA) is 90.1 Å². The number of alkyl halides is 3. The van der Waals surface area contributed by atoms with Crippen LogP contribution in [-0.4, -0.2) is 22.1 Å². The Bertz CT molecular complexity index is 797. The minimum atomic E-state index is -5.00. The maximum atomic E-state index is 13.4. The summed E-state index contributed by atoms with van der Waals surface area (Å²) < 4.78 is 80.3. The maximum absolute atomic E-state index is 13.4. The second kappa shape index (κ2) is 7.56. The quantitative estimate of drug-likeness (QED) is 0.359. The average molecular weight is 380 g/mol. The van der Waals surface area contributed by atoms with Crippen LogP contribution in [-0.2, 0) is 11.3 Å². The Balaban J connectivity index is 2.03. The molecule has 140 valence electrons. The van der Waals surface area contributed by atoms with Crippen LogP contribution in [0.2, 0.25) is 0 Å². The summed E-state index contributed by atoms with van der Waals surface area (Å²) in [5.41, 5.74) is 6.13. The first-order valence-corrected chi connectivity index (χ1v) is 6.82. The Morgan fingerprint density at radius 2 is 1.77 bits per heavy atom. The molecule has 0 aliphatic rings. The highest BCUT2D eigenvalue weighted by Gasteiger charge is 2.38. The van der Waals surface area contributed by atoms with Gasteiger partial charge in [0, 0.05) is 12.1 Å². The Morgan fingerprint density at radius 1 is 1.15 bits per heavy atom. The molecule has 0 saturated heterocycles. The van der Waals surface area contributed by atoms with Gasteiger partial charge in [0.1, 0.15) is 0 Å². The molecule has 0 spiro atoms. The van der Waals surface area contributed by atoms with Gasteiger partial charge in [-0.3, -0.25) is 10.5 Å². The molecule has 1 aromatic carbocycles. The third kappa shape index (κ3) is 4.81. The standard InChI is InChI=1S/C14H10F6N4O2/c15-8-9(16)23-13(17)24-11(8)26-10(21)7-3-1-6(2-4-7)5-22-12(25)14(18,19)20/h1-4,10H,5,21H2,(H,22,25). The highest BCUT2D eigenvalue weighted by molar-refractivity contribution is 5.81. The Morgan fingerprint density at radius 3 is 2.35 bits per heavy atom. The fourth-order valence-electron chi connectivity index (χ4n) is 1.75. The molecule has 1 heterocycles. The molecule has 2 rings (SSSR count). The van der Waals surface area contributed by atoms with Crippen molar-refractivity contribution in [2.75, 3.05) is 0 Å². The van der Waals surface area contributed by atoms with Crippen molar-refractivity contribution < 1.29 is 35.9 Å². The molecule has 1 aromatic heterocycles. The van der Waals surface area contributed by atoms with Crippen LogP contribution in [0.3, 0.4) is 0 Å². The molecule has 26 heavy (non-hydrogen) atoms. The van der Waals surface area contributed by atoms with Gasteiger partial charge in [-0.15, -0.1) is 0 Å². The summed E-state index contributed by atoms with van der Waals surface area (Å²) in [5.74, 6) is -6.52. The van der Waals surface area contributed by atoms with Crippen molar-refractivity contribution in [3.8, 4) is 5.88 Å². The van der Waals surface area contributed by atoms with Gasteiger partial charge in [0.15, 0.2) is 6.23 Å². The monoisotopic (exact) mass is 380 g/mol. The number of rotatable bonds is 5. The lowest BCUT2D eigenvalue weighted by Gasteiger charge is -2.15. The van der Waals surface area contributed by atoms with Gasteiger partial charge >= 0.3 is 18.2 Å². The lowest BCUT2D eigenvalue weighted by Crippen LogP contribution is -2.36. The number of carbonyl (C=O) groups is 1. The average Bonchev–Trinajstić information content (AvgIpc) is 2.56. The van der Waals surface area contributed by atoms with Gasteiger partial charge < -0.3 is 10.1 Å². The number of halogens is 6. The molecular formula is C14H10F6N4O2. The second-order valence-electron chi connectivity index (χ2n) is 4.86. The number of carbonyl (C=O) groups excluding carboxylic acids is 1. The summed E-state index contributed by atoms with van der Waals surface area (Å²) in [6.07, 6.45) is -7.93. The molecule has 0 aliphatic heterocycles. The van der Waals surface area contributed by atoms with Crippen LogP contribution in [0.1, 0.15) is 17.4 Å². The number of ether oxygens (including phenoxy) is 1. The van der Waals surface area contributed by atoms with E-state index in [-0.39, 0.29) is 5.56 Å². The van der Waals surface area contributed by atoms with E-state index in [2.05, 4.69) is 9.97 Å². The second-order valence-corrected chi connectivity index (χ2v) is 4.86. The van der Waals surface area contributed by atoms with Gasteiger partial charge in [-0.25, -0.2) is 0 Å². The molecule has 12 heteroatoms. The molecule has 1 unspecified atom stereocenters. The highest BCUT2D eigenvalue weighted by atomic mass is 19.4. The number of nitrogens with one attached hydrogen (secondary N) is 1. The zero-order valence-corrected chi connectivity index (χ0v) is 12.6. The van der Waals surface area contributed by atoms with Gasteiger partial charge in [-0.1, -0.05) is 24.3 Å². The number of amides is 1. The predicted octanol–water partition coefficient (Wildman–Crippen LogP) is 2.11. The molecule has 0 bridgehead atoms. The van der Waals surface area contributed by atoms with Crippen molar-refractivity contribution in [1.82, 2.24) is 15.3 Å². The molecule has 0 aliphatic carbocycles. The van der Waals surface area contributed by atoms with Crippen LogP contribution < -0.4 is 15.8 Å². The van der Waals surface area contributed by atoms with Gasteiger partial charge in [-0.05, 0) is 5.56 Å². The number of nitrogens with two attached hydrogens (primary N) is 1. The summed E-state index contributed by atoms with van der Waals surface area (Å²) in [6.45, 7) is -0.397. The largest absolute Gasteiger partial charge is 0.471 e. The SMILES string of the molecule is NC(Oc1nc(F)nc(F)c1F)c1ccc(CNC(=O)C(F)(F)F)cc1. The molecular weight excluding hydrogens is 370 g/mol. The summed E-state index contributed by atoms with van der Waals surface area (Å²) in [4.78, 5) is 16.2. The number of benzene rings is 1. The van der Waals surface area contributed by atoms with Gasteiger partial charge in [-0.2, -0.15) is 36.3 Å². The van der Waals surface area contributed by atoms with Crippen molar-refractivity contribution in [2.45, 2.75) is 18.9 Å². The van der Waals surface area contributed by atoms with Crippen LogP contribution in [0.15, 0.2) is 24.3 Å². The molecule has 0 radical (unpaired) electrons. The first-order valence-electron chi connectivity index (χ1n) is 6.82. The normalized spacial score (nSPS) is 12.6. The summed E-state index contributed by atoms with van der Waals surface area (Å²) >= 11 is 0. The number of nitrogens with zero attached hydrogens (tertiary/aromatic N) is 2. The predicted molar refractivity (Wildman–Crippen MR) is 73.8 cm³/mol. The van der Waals surface area contributed by atoms with Gasteiger partial charge in [0.05, 0.1) is 0 Å².